The fourth-order valence-corrected chi connectivity index (χ4v) is 3.80. The first-order valence-electron chi connectivity index (χ1n) is 9.05. The zero-order valence-electron chi connectivity index (χ0n) is 14.6. The smallest absolute Gasteiger partial charge is 0.317 e. The Morgan fingerprint density at radius 3 is 2.54 bits per heavy atom. The summed E-state index contributed by atoms with van der Waals surface area (Å²) >= 11 is 0. The van der Waals surface area contributed by atoms with E-state index < -0.39 is 5.41 Å². The molecule has 130 valence electrons. The topological polar surface area (TPSA) is 55.4 Å². The Hall–Kier alpha value is -1.84. The predicted molar refractivity (Wildman–Crippen MR) is 92.4 cm³/mol. The highest BCUT2D eigenvalue weighted by Gasteiger charge is 2.52. The number of esters is 1. The second-order valence-electron chi connectivity index (χ2n) is 7.47. The van der Waals surface area contributed by atoms with Gasteiger partial charge in [-0.1, -0.05) is 57.0 Å². The van der Waals surface area contributed by atoms with Crippen molar-refractivity contribution in [1.29, 1.82) is 0 Å². The van der Waals surface area contributed by atoms with E-state index in [9.17, 15) is 9.59 Å². The maximum Gasteiger partial charge on any atom is 0.317 e. The molecule has 0 saturated heterocycles. The summed E-state index contributed by atoms with van der Waals surface area (Å²) in [5.41, 5.74) is 0.471. The largest absolute Gasteiger partial charge is 0.455 e. The number of amides is 1. The van der Waals surface area contributed by atoms with E-state index in [0.717, 1.165) is 31.2 Å². The normalized spacial score (nSPS) is 28.0. The van der Waals surface area contributed by atoms with Crippen LogP contribution in [-0.4, -0.2) is 24.5 Å². The van der Waals surface area contributed by atoms with E-state index in [1.807, 2.05) is 30.3 Å². The Morgan fingerprint density at radius 2 is 1.88 bits per heavy atom. The first-order valence-corrected chi connectivity index (χ1v) is 9.05. The number of benzene rings is 1. The Balaban J connectivity index is 1.51. The fourth-order valence-electron chi connectivity index (χ4n) is 3.80. The van der Waals surface area contributed by atoms with Crippen molar-refractivity contribution in [3.8, 4) is 0 Å². The zero-order valence-corrected chi connectivity index (χ0v) is 14.6. The molecule has 0 spiro atoms. The van der Waals surface area contributed by atoms with Crippen molar-refractivity contribution in [3.05, 3.63) is 35.9 Å². The summed E-state index contributed by atoms with van der Waals surface area (Å²) in [6.07, 6.45) is 4.98. The minimum absolute atomic E-state index is 0.176. The summed E-state index contributed by atoms with van der Waals surface area (Å²) in [7, 11) is 0. The van der Waals surface area contributed by atoms with Crippen LogP contribution in [0, 0.1) is 11.8 Å². The Labute approximate surface area is 144 Å². The molecule has 2 fully saturated rings. The lowest BCUT2D eigenvalue weighted by molar-refractivity contribution is -0.151. The number of carbonyl (C=O) groups excluding carboxylic acids is 2. The van der Waals surface area contributed by atoms with Crippen LogP contribution < -0.4 is 5.32 Å². The first kappa shape index (κ1) is 17.0. The summed E-state index contributed by atoms with van der Waals surface area (Å²) in [6, 6.07) is 9.91. The zero-order chi connectivity index (χ0) is 17.2. The average Bonchev–Trinajstić information content (AvgIpc) is 3.40. The van der Waals surface area contributed by atoms with Crippen molar-refractivity contribution in [3.63, 3.8) is 0 Å². The Kier molecular flexibility index (Phi) is 4.93. The van der Waals surface area contributed by atoms with Gasteiger partial charge >= 0.3 is 5.97 Å². The summed E-state index contributed by atoms with van der Waals surface area (Å²) < 4.78 is 5.34. The van der Waals surface area contributed by atoms with Crippen LogP contribution in [0.4, 0.5) is 0 Å². The van der Waals surface area contributed by atoms with Gasteiger partial charge in [0.25, 0.3) is 5.91 Å². The van der Waals surface area contributed by atoms with Crippen LogP contribution in [0.25, 0.3) is 0 Å². The number of hydrogen-bond donors (Lipinski definition) is 1. The summed E-state index contributed by atoms with van der Waals surface area (Å²) in [5, 5.41) is 3.05. The molecule has 24 heavy (non-hydrogen) atoms. The van der Waals surface area contributed by atoms with Gasteiger partial charge in [0, 0.05) is 6.04 Å². The van der Waals surface area contributed by atoms with Gasteiger partial charge < -0.3 is 10.1 Å². The van der Waals surface area contributed by atoms with E-state index in [4.69, 9.17) is 4.74 Å². The molecular weight excluding hydrogens is 302 g/mol. The number of rotatable bonds is 5. The van der Waals surface area contributed by atoms with Crippen molar-refractivity contribution in [2.45, 2.75) is 57.4 Å². The second-order valence-corrected chi connectivity index (χ2v) is 7.47. The third kappa shape index (κ3) is 3.47. The molecule has 4 nitrogen and oxygen atoms in total. The molecule has 0 aliphatic heterocycles. The Morgan fingerprint density at radius 1 is 1.17 bits per heavy atom. The predicted octanol–water partition coefficient (Wildman–Crippen LogP) is 3.20. The molecule has 4 heteroatoms. The average molecular weight is 329 g/mol. The van der Waals surface area contributed by atoms with E-state index in [2.05, 4.69) is 19.2 Å². The lowest BCUT2D eigenvalue weighted by Gasteiger charge is -2.34. The molecular formula is C20H27NO3. The van der Waals surface area contributed by atoms with Crippen molar-refractivity contribution in [2.24, 2.45) is 11.8 Å². The molecule has 3 atom stereocenters. The van der Waals surface area contributed by atoms with Crippen LogP contribution in [0.5, 0.6) is 0 Å². The fraction of sp³-hybridized carbons (Fsp3) is 0.600. The SMILES string of the molecule is C[C@@H]1[C@@H](C)CCC[C@H]1NC(=O)COC(=O)C1(c2ccccc2)CC1. The molecule has 0 unspecified atom stereocenters. The van der Waals surface area contributed by atoms with Crippen molar-refractivity contribution < 1.29 is 14.3 Å². The third-order valence-corrected chi connectivity index (χ3v) is 5.85. The first-order chi connectivity index (χ1) is 11.5. The van der Waals surface area contributed by atoms with Crippen LogP contribution in [0.3, 0.4) is 0 Å². The maximum atomic E-state index is 12.4. The van der Waals surface area contributed by atoms with Gasteiger partial charge in [-0.15, -0.1) is 0 Å². The number of ether oxygens (including phenoxy) is 1. The standard InChI is InChI=1S/C20H27NO3/c1-14-7-6-10-17(15(14)2)21-18(22)13-24-19(23)20(11-12-20)16-8-4-3-5-9-16/h3-5,8-9,14-15,17H,6-7,10-13H2,1-2H3,(H,21,22)/t14-,15+,17+/m0/s1. The molecule has 0 aromatic heterocycles. The maximum absolute atomic E-state index is 12.4. The van der Waals surface area contributed by atoms with Gasteiger partial charge in [-0.3, -0.25) is 9.59 Å². The highest BCUT2D eigenvalue weighted by atomic mass is 16.5. The van der Waals surface area contributed by atoms with Gasteiger partial charge in [-0.2, -0.15) is 0 Å². The molecule has 1 amide bonds. The van der Waals surface area contributed by atoms with E-state index in [0.29, 0.717) is 11.8 Å². The molecule has 0 bridgehead atoms. The van der Waals surface area contributed by atoms with Gasteiger partial charge in [-0.25, -0.2) is 0 Å². The van der Waals surface area contributed by atoms with Crippen LogP contribution in [0.1, 0.15) is 51.5 Å². The van der Waals surface area contributed by atoms with Crippen LogP contribution in [0.2, 0.25) is 0 Å². The highest BCUT2D eigenvalue weighted by Crippen LogP contribution is 2.49. The van der Waals surface area contributed by atoms with E-state index >= 15 is 0 Å². The minimum Gasteiger partial charge on any atom is -0.455 e. The number of nitrogens with one attached hydrogen (secondary N) is 1. The summed E-state index contributed by atoms with van der Waals surface area (Å²) in [4.78, 5) is 24.6. The highest BCUT2D eigenvalue weighted by molar-refractivity contribution is 5.89. The molecule has 3 rings (SSSR count). The van der Waals surface area contributed by atoms with Gasteiger partial charge in [0.2, 0.25) is 0 Å². The van der Waals surface area contributed by atoms with Gasteiger partial charge in [0.05, 0.1) is 5.41 Å². The van der Waals surface area contributed by atoms with Crippen LogP contribution >= 0.6 is 0 Å². The molecule has 1 N–H and O–H groups in total. The lowest BCUT2D eigenvalue weighted by Crippen LogP contribution is -2.45. The van der Waals surface area contributed by atoms with Crippen molar-refractivity contribution >= 4 is 11.9 Å². The third-order valence-electron chi connectivity index (χ3n) is 5.85. The van der Waals surface area contributed by atoms with E-state index in [-0.39, 0.29) is 24.5 Å². The van der Waals surface area contributed by atoms with E-state index in [1.54, 1.807) is 0 Å². The lowest BCUT2D eigenvalue weighted by atomic mass is 9.78. The van der Waals surface area contributed by atoms with Crippen molar-refractivity contribution in [1.82, 2.24) is 5.32 Å². The molecule has 1 aromatic carbocycles. The van der Waals surface area contributed by atoms with E-state index in [1.165, 1.54) is 6.42 Å². The molecule has 2 saturated carbocycles. The van der Waals surface area contributed by atoms with Crippen LogP contribution in [-0.2, 0) is 19.7 Å². The van der Waals surface area contributed by atoms with Gasteiger partial charge in [0.15, 0.2) is 6.61 Å². The summed E-state index contributed by atoms with van der Waals surface area (Å²) in [6.45, 7) is 4.25. The quantitative estimate of drug-likeness (QED) is 0.844. The summed E-state index contributed by atoms with van der Waals surface area (Å²) in [5.74, 6) is 0.643. The van der Waals surface area contributed by atoms with Gasteiger partial charge in [-0.05, 0) is 36.7 Å². The van der Waals surface area contributed by atoms with Crippen molar-refractivity contribution in [2.75, 3.05) is 6.61 Å². The molecule has 0 radical (unpaired) electrons. The molecule has 0 heterocycles. The molecule has 1 aromatic rings. The Bertz CT molecular complexity index is 594. The minimum atomic E-state index is -0.520. The molecule has 2 aliphatic rings. The monoisotopic (exact) mass is 329 g/mol. The second kappa shape index (κ2) is 6.96. The number of carbonyl (C=O) groups is 2. The van der Waals surface area contributed by atoms with Crippen LogP contribution in [0.15, 0.2) is 30.3 Å². The van der Waals surface area contributed by atoms with Gasteiger partial charge in [0.1, 0.15) is 0 Å². The number of hydrogen-bond acceptors (Lipinski definition) is 3. The molecule has 2 aliphatic carbocycles.